The molecule has 1 aliphatic carbocycles. The Morgan fingerprint density at radius 1 is 1.24 bits per heavy atom. The Kier molecular flexibility index (Phi) is 4.01. The molecule has 1 saturated carbocycles. The van der Waals surface area contributed by atoms with Gasteiger partial charge in [-0.3, -0.25) is 4.68 Å². The van der Waals surface area contributed by atoms with Crippen molar-refractivity contribution < 1.29 is 8.78 Å². The van der Waals surface area contributed by atoms with Gasteiger partial charge in [0.25, 0.3) is 0 Å². The van der Waals surface area contributed by atoms with E-state index in [0.29, 0.717) is 18.0 Å². The summed E-state index contributed by atoms with van der Waals surface area (Å²) in [6.45, 7) is 0. The molecule has 0 spiro atoms. The molecule has 0 bridgehead atoms. The molecule has 1 aliphatic rings. The van der Waals surface area contributed by atoms with Crippen molar-refractivity contribution in [2.45, 2.75) is 44.2 Å². The van der Waals surface area contributed by atoms with Gasteiger partial charge in [-0.2, -0.15) is 5.10 Å². The minimum absolute atomic E-state index is 0.326. The summed E-state index contributed by atoms with van der Waals surface area (Å²) in [5.41, 5.74) is 7.20. The molecule has 2 N–H and O–H groups in total. The van der Waals surface area contributed by atoms with Crippen LogP contribution in [-0.4, -0.2) is 9.78 Å². The lowest BCUT2D eigenvalue weighted by Gasteiger charge is -2.12. The van der Waals surface area contributed by atoms with Gasteiger partial charge in [0.1, 0.15) is 11.6 Å². The predicted molar refractivity (Wildman–Crippen MR) is 76.7 cm³/mol. The van der Waals surface area contributed by atoms with Crippen LogP contribution >= 0.6 is 0 Å². The SMILES string of the molecule is NC(Cc1ccn(C2CCCC2)n1)c1ccc(F)cc1F. The standard InChI is InChI=1S/C16H19F2N3/c17-11-5-6-14(15(18)9-11)16(19)10-12-7-8-21(20-12)13-3-1-2-4-13/h5-9,13,16H,1-4,10,19H2. The van der Waals surface area contributed by atoms with Crippen molar-refractivity contribution in [3.8, 4) is 0 Å². The van der Waals surface area contributed by atoms with E-state index in [-0.39, 0.29) is 0 Å². The molecule has 0 amide bonds. The van der Waals surface area contributed by atoms with E-state index in [2.05, 4.69) is 5.10 Å². The fourth-order valence-electron chi connectivity index (χ4n) is 3.00. The Morgan fingerprint density at radius 2 is 2.00 bits per heavy atom. The lowest BCUT2D eigenvalue weighted by Crippen LogP contribution is -2.16. The van der Waals surface area contributed by atoms with Gasteiger partial charge in [-0.15, -0.1) is 0 Å². The van der Waals surface area contributed by atoms with Crippen LogP contribution in [0.3, 0.4) is 0 Å². The molecule has 112 valence electrons. The zero-order chi connectivity index (χ0) is 14.8. The summed E-state index contributed by atoms with van der Waals surface area (Å²) < 4.78 is 28.6. The van der Waals surface area contributed by atoms with Crippen molar-refractivity contribution in [1.82, 2.24) is 9.78 Å². The van der Waals surface area contributed by atoms with Crippen molar-refractivity contribution >= 4 is 0 Å². The number of hydrogen-bond acceptors (Lipinski definition) is 2. The number of nitrogens with two attached hydrogens (primary N) is 1. The van der Waals surface area contributed by atoms with Gasteiger partial charge >= 0.3 is 0 Å². The maximum absolute atomic E-state index is 13.7. The summed E-state index contributed by atoms with van der Waals surface area (Å²) in [6, 6.07) is 5.40. The zero-order valence-corrected chi connectivity index (χ0v) is 11.8. The van der Waals surface area contributed by atoms with E-state index < -0.39 is 17.7 Å². The van der Waals surface area contributed by atoms with Gasteiger partial charge in [-0.25, -0.2) is 8.78 Å². The van der Waals surface area contributed by atoms with E-state index in [4.69, 9.17) is 5.73 Å². The van der Waals surface area contributed by atoms with Gasteiger partial charge in [0.05, 0.1) is 11.7 Å². The predicted octanol–water partition coefficient (Wildman–Crippen LogP) is 3.52. The highest BCUT2D eigenvalue weighted by atomic mass is 19.1. The molecule has 3 nitrogen and oxygen atoms in total. The van der Waals surface area contributed by atoms with Crippen LogP contribution in [0.5, 0.6) is 0 Å². The molecule has 0 aliphatic heterocycles. The smallest absolute Gasteiger partial charge is 0.130 e. The van der Waals surface area contributed by atoms with Crippen molar-refractivity contribution in [3.05, 3.63) is 53.4 Å². The fourth-order valence-corrected chi connectivity index (χ4v) is 3.00. The van der Waals surface area contributed by atoms with E-state index >= 15 is 0 Å². The van der Waals surface area contributed by atoms with Gasteiger partial charge in [0.2, 0.25) is 0 Å². The molecule has 0 saturated heterocycles. The molecule has 21 heavy (non-hydrogen) atoms. The van der Waals surface area contributed by atoms with Crippen LogP contribution < -0.4 is 5.73 Å². The molecule has 1 fully saturated rings. The van der Waals surface area contributed by atoms with Gasteiger partial charge < -0.3 is 5.73 Å². The Morgan fingerprint density at radius 3 is 2.71 bits per heavy atom. The summed E-state index contributed by atoms with van der Waals surface area (Å²) in [7, 11) is 0. The number of benzene rings is 1. The average Bonchev–Trinajstić information content (AvgIpc) is 3.08. The lowest BCUT2D eigenvalue weighted by atomic mass is 10.0. The second kappa shape index (κ2) is 5.93. The van der Waals surface area contributed by atoms with Crippen LogP contribution in [0, 0.1) is 11.6 Å². The lowest BCUT2D eigenvalue weighted by molar-refractivity contribution is 0.460. The van der Waals surface area contributed by atoms with Crippen LogP contribution in [0.4, 0.5) is 8.78 Å². The van der Waals surface area contributed by atoms with Crippen LogP contribution in [0.15, 0.2) is 30.5 Å². The monoisotopic (exact) mass is 291 g/mol. The molecule has 0 radical (unpaired) electrons. The average molecular weight is 291 g/mol. The topological polar surface area (TPSA) is 43.8 Å². The van der Waals surface area contributed by atoms with Gasteiger partial charge in [-0.1, -0.05) is 18.9 Å². The van der Waals surface area contributed by atoms with E-state index in [1.54, 1.807) is 0 Å². The largest absolute Gasteiger partial charge is 0.324 e. The highest BCUT2D eigenvalue weighted by Crippen LogP contribution is 2.29. The van der Waals surface area contributed by atoms with Crippen LogP contribution in [0.2, 0.25) is 0 Å². The summed E-state index contributed by atoms with van der Waals surface area (Å²) in [5, 5.41) is 4.55. The minimum Gasteiger partial charge on any atom is -0.324 e. The highest BCUT2D eigenvalue weighted by Gasteiger charge is 2.19. The van der Waals surface area contributed by atoms with Gasteiger partial charge in [-0.05, 0) is 25.0 Å². The first-order valence-electron chi connectivity index (χ1n) is 7.38. The van der Waals surface area contributed by atoms with Crippen molar-refractivity contribution in [3.63, 3.8) is 0 Å². The molecule has 5 heteroatoms. The van der Waals surface area contributed by atoms with Crippen molar-refractivity contribution in [2.75, 3.05) is 0 Å². The molecule has 1 atom stereocenters. The quantitative estimate of drug-likeness (QED) is 0.936. The molecule has 1 aromatic carbocycles. The fraction of sp³-hybridized carbons (Fsp3) is 0.438. The number of aromatic nitrogens is 2. The van der Waals surface area contributed by atoms with Gasteiger partial charge in [0.15, 0.2) is 0 Å². The van der Waals surface area contributed by atoms with Gasteiger partial charge in [0, 0.05) is 30.3 Å². The maximum atomic E-state index is 13.7. The van der Waals surface area contributed by atoms with Crippen LogP contribution in [0.1, 0.15) is 49.0 Å². The molecule has 1 unspecified atom stereocenters. The Hall–Kier alpha value is -1.75. The third-order valence-electron chi connectivity index (χ3n) is 4.15. The summed E-state index contributed by atoms with van der Waals surface area (Å²) >= 11 is 0. The molecular weight excluding hydrogens is 272 g/mol. The highest BCUT2D eigenvalue weighted by molar-refractivity contribution is 5.23. The number of nitrogens with zero attached hydrogens (tertiary/aromatic N) is 2. The molecule has 2 aromatic rings. The zero-order valence-electron chi connectivity index (χ0n) is 11.8. The second-order valence-electron chi connectivity index (χ2n) is 5.70. The van der Waals surface area contributed by atoms with E-state index in [1.165, 1.54) is 37.8 Å². The Balaban J connectivity index is 1.70. The van der Waals surface area contributed by atoms with Crippen LogP contribution in [0.25, 0.3) is 0 Å². The molecule has 3 rings (SSSR count). The third kappa shape index (κ3) is 3.13. The second-order valence-corrected chi connectivity index (χ2v) is 5.70. The molecular formula is C16H19F2N3. The minimum atomic E-state index is -0.599. The molecule has 1 aromatic heterocycles. The number of halogens is 2. The summed E-state index contributed by atoms with van der Waals surface area (Å²) in [6.07, 6.45) is 7.25. The van der Waals surface area contributed by atoms with Crippen LogP contribution in [-0.2, 0) is 6.42 Å². The third-order valence-corrected chi connectivity index (χ3v) is 4.15. The number of rotatable bonds is 4. The molecule has 1 heterocycles. The van der Waals surface area contributed by atoms with E-state index in [0.717, 1.165) is 11.8 Å². The maximum Gasteiger partial charge on any atom is 0.130 e. The number of hydrogen-bond donors (Lipinski definition) is 1. The normalized spacial score (nSPS) is 17.3. The Bertz CT molecular complexity index is 618. The first-order chi connectivity index (χ1) is 10.1. The van der Waals surface area contributed by atoms with E-state index in [1.807, 2.05) is 16.9 Å². The van der Waals surface area contributed by atoms with E-state index in [9.17, 15) is 8.78 Å². The Labute approximate surface area is 122 Å². The summed E-state index contributed by atoms with van der Waals surface area (Å²) in [4.78, 5) is 0. The van der Waals surface area contributed by atoms with Crippen molar-refractivity contribution in [2.24, 2.45) is 5.73 Å². The first kappa shape index (κ1) is 14.2. The van der Waals surface area contributed by atoms with Crippen molar-refractivity contribution in [1.29, 1.82) is 0 Å². The summed E-state index contributed by atoms with van der Waals surface area (Å²) in [5.74, 6) is -1.19. The first-order valence-corrected chi connectivity index (χ1v) is 7.38.